The highest BCUT2D eigenvalue weighted by Crippen LogP contribution is 2.36. The molecule has 1 aromatic heterocycles. The van der Waals surface area contributed by atoms with Crippen LogP contribution in [-0.2, 0) is 11.5 Å². The van der Waals surface area contributed by atoms with Crippen molar-refractivity contribution in [3.63, 3.8) is 0 Å². The quantitative estimate of drug-likeness (QED) is 0.662. The topological polar surface area (TPSA) is 82.3 Å². The van der Waals surface area contributed by atoms with Gasteiger partial charge in [0.1, 0.15) is 5.82 Å². The number of anilines is 1. The zero-order chi connectivity index (χ0) is 14.8. The van der Waals surface area contributed by atoms with Crippen molar-refractivity contribution in [2.24, 2.45) is 5.84 Å². The molecular weight excluding hydrogens is 288 g/mol. The zero-order valence-electron chi connectivity index (χ0n) is 11.8. The van der Waals surface area contributed by atoms with Gasteiger partial charge in [-0.25, -0.2) is 15.8 Å². The molecule has 0 fully saturated rings. The van der Waals surface area contributed by atoms with Crippen molar-refractivity contribution in [1.29, 1.82) is 0 Å². The number of nitrogens with zero attached hydrogens (tertiary/aromatic N) is 2. The van der Waals surface area contributed by atoms with Crippen LogP contribution >= 0.6 is 11.8 Å². The number of benzene rings is 1. The fourth-order valence-corrected chi connectivity index (χ4v) is 3.32. The number of aromatic nitrogens is 2. The molecular formula is C14H16N4O2S. The number of ether oxygens (including phenoxy) is 2. The maximum Gasteiger partial charge on any atom is 0.162 e. The Kier molecular flexibility index (Phi) is 3.85. The Bertz CT molecular complexity index is 678. The Morgan fingerprint density at radius 1 is 1.14 bits per heavy atom. The van der Waals surface area contributed by atoms with Crippen LogP contribution in [0.3, 0.4) is 0 Å². The Morgan fingerprint density at radius 3 is 2.67 bits per heavy atom. The van der Waals surface area contributed by atoms with E-state index in [4.69, 9.17) is 15.3 Å². The smallest absolute Gasteiger partial charge is 0.162 e. The van der Waals surface area contributed by atoms with Crippen LogP contribution in [0, 0.1) is 0 Å². The number of hydrazine groups is 1. The average molecular weight is 304 g/mol. The first-order valence-electron chi connectivity index (χ1n) is 6.43. The summed E-state index contributed by atoms with van der Waals surface area (Å²) in [4.78, 5) is 9.15. The van der Waals surface area contributed by atoms with E-state index in [2.05, 4.69) is 15.4 Å². The van der Waals surface area contributed by atoms with Crippen LogP contribution in [0.1, 0.15) is 11.3 Å². The largest absolute Gasteiger partial charge is 0.493 e. The summed E-state index contributed by atoms with van der Waals surface area (Å²) in [6.45, 7) is 0. The van der Waals surface area contributed by atoms with Crippen LogP contribution < -0.4 is 20.7 Å². The molecule has 7 heteroatoms. The molecule has 0 bridgehead atoms. The molecule has 1 aliphatic heterocycles. The van der Waals surface area contributed by atoms with Crippen LogP contribution in [0.2, 0.25) is 0 Å². The van der Waals surface area contributed by atoms with E-state index in [0.717, 1.165) is 28.3 Å². The molecule has 0 amide bonds. The minimum atomic E-state index is 0.630. The summed E-state index contributed by atoms with van der Waals surface area (Å²) in [5.41, 5.74) is 5.66. The van der Waals surface area contributed by atoms with Gasteiger partial charge >= 0.3 is 0 Å². The molecule has 2 aromatic rings. The molecule has 3 rings (SSSR count). The third-order valence-electron chi connectivity index (χ3n) is 3.36. The second kappa shape index (κ2) is 5.79. The number of hydrogen-bond donors (Lipinski definition) is 2. The van der Waals surface area contributed by atoms with Gasteiger partial charge in [-0.3, -0.25) is 0 Å². The van der Waals surface area contributed by atoms with E-state index in [1.165, 1.54) is 0 Å². The minimum absolute atomic E-state index is 0.630. The first kappa shape index (κ1) is 14.0. The number of thioether (sulfide) groups is 1. The van der Waals surface area contributed by atoms with Crippen LogP contribution in [0.15, 0.2) is 18.2 Å². The third kappa shape index (κ3) is 2.50. The number of fused-ring (bicyclic) bond motifs is 1. The zero-order valence-corrected chi connectivity index (χ0v) is 12.7. The number of rotatable bonds is 4. The monoisotopic (exact) mass is 304 g/mol. The van der Waals surface area contributed by atoms with E-state index < -0.39 is 0 Å². The van der Waals surface area contributed by atoms with Gasteiger partial charge < -0.3 is 14.9 Å². The molecule has 2 heterocycles. The van der Waals surface area contributed by atoms with E-state index in [9.17, 15) is 0 Å². The molecule has 0 aliphatic carbocycles. The predicted octanol–water partition coefficient (Wildman–Crippen LogP) is 2.19. The molecule has 21 heavy (non-hydrogen) atoms. The van der Waals surface area contributed by atoms with Crippen LogP contribution in [0.5, 0.6) is 11.5 Å². The standard InChI is InChI=1S/C14H16N4O2S/c1-19-11-4-3-8(5-12(11)20-2)13-16-10-7-21-6-9(10)14(17-13)18-15/h3-5H,6-7,15H2,1-2H3,(H,16,17,18). The van der Waals surface area contributed by atoms with Crippen molar-refractivity contribution in [3.05, 3.63) is 29.5 Å². The predicted molar refractivity (Wildman–Crippen MR) is 83.4 cm³/mol. The first-order chi connectivity index (χ1) is 10.3. The second-order valence-corrected chi connectivity index (χ2v) is 5.51. The van der Waals surface area contributed by atoms with Gasteiger partial charge in [-0.1, -0.05) is 0 Å². The van der Waals surface area contributed by atoms with Crippen LogP contribution in [0.4, 0.5) is 5.82 Å². The highest BCUT2D eigenvalue weighted by Gasteiger charge is 2.20. The Labute approximate surface area is 127 Å². The fourth-order valence-electron chi connectivity index (χ4n) is 2.27. The van der Waals surface area contributed by atoms with Crippen LogP contribution in [-0.4, -0.2) is 24.2 Å². The Morgan fingerprint density at radius 2 is 1.95 bits per heavy atom. The van der Waals surface area contributed by atoms with Crippen LogP contribution in [0.25, 0.3) is 11.4 Å². The maximum atomic E-state index is 5.58. The average Bonchev–Trinajstić information content (AvgIpc) is 3.01. The molecule has 0 atom stereocenters. The van der Waals surface area contributed by atoms with Crippen molar-refractivity contribution < 1.29 is 9.47 Å². The molecule has 0 saturated heterocycles. The molecule has 1 aromatic carbocycles. The van der Waals surface area contributed by atoms with E-state index >= 15 is 0 Å². The van der Waals surface area contributed by atoms with Gasteiger partial charge in [0.25, 0.3) is 0 Å². The molecule has 6 nitrogen and oxygen atoms in total. The highest BCUT2D eigenvalue weighted by molar-refractivity contribution is 7.98. The van der Waals surface area contributed by atoms with Gasteiger partial charge in [0.05, 0.1) is 19.9 Å². The maximum absolute atomic E-state index is 5.58. The normalized spacial score (nSPS) is 12.9. The lowest BCUT2D eigenvalue weighted by Gasteiger charge is -2.11. The molecule has 0 spiro atoms. The van der Waals surface area contributed by atoms with Gasteiger partial charge in [0, 0.05) is 22.6 Å². The first-order valence-corrected chi connectivity index (χ1v) is 7.59. The lowest BCUT2D eigenvalue weighted by atomic mass is 10.1. The van der Waals surface area contributed by atoms with E-state index in [0.29, 0.717) is 23.1 Å². The molecule has 0 unspecified atom stereocenters. The van der Waals surface area contributed by atoms with Crippen molar-refractivity contribution in [3.8, 4) is 22.9 Å². The van der Waals surface area contributed by atoms with E-state index in [1.54, 1.807) is 14.2 Å². The summed E-state index contributed by atoms with van der Waals surface area (Å²) in [7, 11) is 3.21. The van der Waals surface area contributed by atoms with E-state index in [1.807, 2.05) is 30.0 Å². The lowest BCUT2D eigenvalue weighted by Crippen LogP contribution is -2.12. The van der Waals surface area contributed by atoms with Gasteiger partial charge in [-0.15, -0.1) is 0 Å². The fraction of sp³-hybridized carbons (Fsp3) is 0.286. The third-order valence-corrected chi connectivity index (χ3v) is 4.33. The molecule has 0 radical (unpaired) electrons. The van der Waals surface area contributed by atoms with Crippen molar-refractivity contribution in [1.82, 2.24) is 9.97 Å². The summed E-state index contributed by atoms with van der Waals surface area (Å²) >= 11 is 1.81. The molecule has 1 aliphatic rings. The van der Waals surface area contributed by atoms with Gasteiger partial charge in [0.2, 0.25) is 0 Å². The van der Waals surface area contributed by atoms with Gasteiger partial charge in [-0.2, -0.15) is 11.8 Å². The molecule has 0 saturated carbocycles. The summed E-state index contributed by atoms with van der Waals surface area (Å²) in [5.74, 6) is 9.99. The Hall–Kier alpha value is -1.99. The summed E-state index contributed by atoms with van der Waals surface area (Å²) < 4.78 is 10.6. The summed E-state index contributed by atoms with van der Waals surface area (Å²) in [6.07, 6.45) is 0. The minimum Gasteiger partial charge on any atom is -0.493 e. The van der Waals surface area contributed by atoms with E-state index in [-0.39, 0.29) is 0 Å². The lowest BCUT2D eigenvalue weighted by molar-refractivity contribution is 0.355. The van der Waals surface area contributed by atoms with Crippen molar-refractivity contribution in [2.75, 3.05) is 19.6 Å². The molecule has 3 N–H and O–H groups in total. The molecule has 110 valence electrons. The summed E-state index contributed by atoms with van der Waals surface area (Å²) in [6, 6.07) is 5.61. The SMILES string of the molecule is COc1ccc(-c2nc3c(c(NN)n2)CSC3)cc1OC. The van der Waals surface area contributed by atoms with Crippen molar-refractivity contribution in [2.45, 2.75) is 11.5 Å². The van der Waals surface area contributed by atoms with Gasteiger partial charge in [0.15, 0.2) is 17.3 Å². The highest BCUT2D eigenvalue weighted by atomic mass is 32.2. The summed E-state index contributed by atoms with van der Waals surface area (Å²) in [5, 5.41) is 0. The number of nitrogens with one attached hydrogen (secondary N) is 1. The second-order valence-electron chi connectivity index (χ2n) is 4.53. The number of nitrogens with two attached hydrogens (primary N) is 1. The van der Waals surface area contributed by atoms with Crippen molar-refractivity contribution >= 4 is 17.6 Å². The van der Waals surface area contributed by atoms with Gasteiger partial charge in [-0.05, 0) is 18.2 Å². The number of hydrogen-bond acceptors (Lipinski definition) is 7. The Balaban J connectivity index is 2.08. The number of nitrogen functional groups attached to an aromatic ring is 1. The number of methoxy groups -OCH3 is 2.